The lowest BCUT2D eigenvalue weighted by Crippen LogP contribution is -1.82. The topological polar surface area (TPSA) is 0 Å². The van der Waals surface area contributed by atoms with E-state index in [1.54, 1.807) is 0 Å². The van der Waals surface area contributed by atoms with E-state index in [0.29, 0.717) is 0 Å². The Labute approximate surface area is 109 Å². The summed E-state index contributed by atoms with van der Waals surface area (Å²) in [6.07, 6.45) is 8.23. The lowest BCUT2D eigenvalue weighted by Gasteiger charge is -2.02. The third-order valence-corrected chi connectivity index (χ3v) is 3.93. The molecule has 0 unspecified atom stereocenters. The molecule has 16 heavy (non-hydrogen) atoms. The molecule has 0 spiro atoms. The third kappa shape index (κ3) is 6.44. The summed E-state index contributed by atoms with van der Waals surface area (Å²) in [6, 6.07) is 8.13. The van der Waals surface area contributed by atoms with Crippen molar-refractivity contribution in [3.8, 4) is 0 Å². The summed E-state index contributed by atoms with van der Waals surface area (Å²) >= 11 is 7.77. The van der Waals surface area contributed by atoms with Gasteiger partial charge in [0.2, 0.25) is 0 Å². The molecule has 0 atom stereocenters. The van der Waals surface area contributed by atoms with Crippen LogP contribution in [0.3, 0.4) is 0 Å². The highest BCUT2D eigenvalue weighted by Crippen LogP contribution is 2.21. The molecule has 0 aliphatic heterocycles. The SMILES string of the molecule is CCCCCCCCSc1ccc(Cl)cc1. The first-order valence-corrected chi connectivity index (χ1v) is 7.57. The van der Waals surface area contributed by atoms with Gasteiger partial charge in [-0.2, -0.15) is 0 Å². The van der Waals surface area contributed by atoms with Gasteiger partial charge in [-0.15, -0.1) is 11.8 Å². The number of thioether (sulfide) groups is 1. The largest absolute Gasteiger partial charge is 0.126 e. The molecule has 0 heterocycles. The van der Waals surface area contributed by atoms with Crippen molar-refractivity contribution >= 4 is 23.4 Å². The first-order chi connectivity index (χ1) is 7.83. The molecule has 90 valence electrons. The van der Waals surface area contributed by atoms with Gasteiger partial charge >= 0.3 is 0 Å². The van der Waals surface area contributed by atoms with Gasteiger partial charge in [-0.3, -0.25) is 0 Å². The first-order valence-electron chi connectivity index (χ1n) is 6.21. The third-order valence-electron chi connectivity index (χ3n) is 2.58. The van der Waals surface area contributed by atoms with E-state index < -0.39 is 0 Å². The molecule has 2 heteroatoms. The van der Waals surface area contributed by atoms with Crippen molar-refractivity contribution in [2.75, 3.05) is 5.75 Å². The smallest absolute Gasteiger partial charge is 0.0406 e. The van der Waals surface area contributed by atoms with Gasteiger partial charge in [-0.05, 0) is 36.4 Å². The minimum absolute atomic E-state index is 0.823. The molecule has 0 aliphatic rings. The average Bonchev–Trinajstić information content (AvgIpc) is 2.30. The fraction of sp³-hybridized carbons (Fsp3) is 0.571. The summed E-state index contributed by atoms with van der Waals surface area (Å²) in [5, 5.41) is 0.823. The summed E-state index contributed by atoms with van der Waals surface area (Å²) in [6.45, 7) is 2.26. The Balaban J connectivity index is 2.01. The van der Waals surface area contributed by atoms with Crippen molar-refractivity contribution < 1.29 is 0 Å². The molecule has 0 bridgehead atoms. The van der Waals surface area contributed by atoms with Crippen LogP contribution in [0.5, 0.6) is 0 Å². The summed E-state index contributed by atoms with van der Waals surface area (Å²) in [5.74, 6) is 1.23. The van der Waals surface area contributed by atoms with Crippen molar-refractivity contribution in [2.24, 2.45) is 0 Å². The monoisotopic (exact) mass is 256 g/mol. The second-order valence-corrected chi connectivity index (χ2v) is 5.67. The molecular weight excluding hydrogens is 236 g/mol. The Hall–Kier alpha value is -0.140. The number of benzene rings is 1. The van der Waals surface area contributed by atoms with Gasteiger partial charge in [-0.25, -0.2) is 0 Å². The van der Waals surface area contributed by atoms with Crippen LogP contribution in [-0.2, 0) is 0 Å². The van der Waals surface area contributed by atoms with Gasteiger partial charge in [0.1, 0.15) is 0 Å². The lowest BCUT2D eigenvalue weighted by molar-refractivity contribution is 0.627. The molecule has 0 amide bonds. The zero-order valence-electron chi connectivity index (χ0n) is 10.0. The summed E-state index contributed by atoms with van der Waals surface area (Å²) in [4.78, 5) is 1.33. The number of halogens is 1. The number of hydrogen-bond acceptors (Lipinski definition) is 1. The van der Waals surface area contributed by atoms with E-state index >= 15 is 0 Å². The Morgan fingerprint density at radius 3 is 2.25 bits per heavy atom. The molecule has 0 fully saturated rings. The van der Waals surface area contributed by atoms with Crippen molar-refractivity contribution in [3.05, 3.63) is 29.3 Å². The Morgan fingerprint density at radius 2 is 1.56 bits per heavy atom. The van der Waals surface area contributed by atoms with E-state index in [1.165, 1.54) is 49.2 Å². The van der Waals surface area contributed by atoms with Gasteiger partial charge in [0.05, 0.1) is 0 Å². The van der Waals surface area contributed by atoms with E-state index in [1.807, 2.05) is 23.9 Å². The summed E-state index contributed by atoms with van der Waals surface area (Å²) in [7, 11) is 0. The van der Waals surface area contributed by atoms with Crippen LogP contribution < -0.4 is 0 Å². The van der Waals surface area contributed by atoms with Crippen LogP contribution >= 0.6 is 23.4 Å². The predicted octanol–water partition coefficient (Wildman–Crippen LogP) is 5.79. The number of rotatable bonds is 8. The summed E-state index contributed by atoms with van der Waals surface area (Å²) in [5.41, 5.74) is 0. The maximum Gasteiger partial charge on any atom is 0.0406 e. The van der Waals surface area contributed by atoms with Crippen molar-refractivity contribution in [1.82, 2.24) is 0 Å². The standard InChI is InChI=1S/C14H21ClS/c1-2-3-4-5-6-7-12-16-14-10-8-13(15)9-11-14/h8-11H,2-7,12H2,1H3. The molecule has 1 aromatic rings. The minimum Gasteiger partial charge on any atom is -0.126 e. The summed E-state index contributed by atoms with van der Waals surface area (Å²) < 4.78 is 0. The average molecular weight is 257 g/mol. The number of hydrogen-bond donors (Lipinski definition) is 0. The second-order valence-electron chi connectivity index (χ2n) is 4.07. The molecule has 0 nitrogen and oxygen atoms in total. The van der Waals surface area contributed by atoms with Crippen LogP contribution in [0.2, 0.25) is 5.02 Å². The quantitative estimate of drug-likeness (QED) is 0.419. The van der Waals surface area contributed by atoms with Crippen molar-refractivity contribution in [2.45, 2.75) is 50.3 Å². The zero-order chi connectivity index (χ0) is 11.6. The highest BCUT2D eigenvalue weighted by atomic mass is 35.5. The Bertz CT molecular complexity index is 269. The maximum atomic E-state index is 5.83. The van der Waals surface area contributed by atoms with E-state index in [2.05, 4.69) is 19.1 Å². The zero-order valence-corrected chi connectivity index (χ0v) is 11.6. The Kier molecular flexibility index (Phi) is 7.79. The molecule has 0 radical (unpaired) electrons. The maximum absolute atomic E-state index is 5.83. The molecule has 0 N–H and O–H groups in total. The molecule has 0 saturated heterocycles. The van der Waals surface area contributed by atoms with Crippen LogP contribution in [0, 0.1) is 0 Å². The van der Waals surface area contributed by atoms with Gasteiger partial charge < -0.3 is 0 Å². The fourth-order valence-corrected chi connectivity index (χ4v) is 2.64. The van der Waals surface area contributed by atoms with Crippen LogP contribution in [0.15, 0.2) is 29.2 Å². The molecule has 0 aliphatic carbocycles. The van der Waals surface area contributed by atoms with Crippen molar-refractivity contribution in [3.63, 3.8) is 0 Å². The second kappa shape index (κ2) is 8.95. The molecule has 1 rings (SSSR count). The van der Waals surface area contributed by atoms with Gasteiger partial charge in [0.15, 0.2) is 0 Å². The van der Waals surface area contributed by atoms with E-state index in [0.717, 1.165) is 5.02 Å². The Morgan fingerprint density at radius 1 is 0.938 bits per heavy atom. The van der Waals surface area contributed by atoms with Crippen LogP contribution in [0.25, 0.3) is 0 Å². The molecule has 0 aromatic heterocycles. The van der Waals surface area contributed by atoms with E-state index in [9.17, 15) is 0 Å². The van der Waals surface area contributed by atoms with Gasteiger partial charge in [0, 0.05) is 9.92 Å². The molecular formula is C14H21ClS. The van der Waals surface area contributed by atoms with Crippen LogP contribution in [0.1, 0.15) is 45.4 Å². The molecule has 1 aromatic carbocycles. The first kappa shape index (κ1) is 13.9. The van der Waals surface area contributed by atoms with E-state index in [-0.39, 0.29) is 0 Å². The lowest BCUT2D eigenvalue weighted by atomic mass is 10.1. The minimum atomic E-state index is 0.823. The highest BCUT2D eigenvalue weighted by Gasteiger charge is 1.94. The van der Waals surface area contributed by atoms with Crippen LogP contribution in [-0.4, -0.2) is 5.75 Å². The highest BCUT2D eigenvalue weighted by molar-refractivity contribution is 7.99. The predicted molar refractivity (Wildman–Crippen MR) is 75.6 cm³/mol. The van der Waals surface area contributed by atoms with Crippen molar-refractivity contribution in [1.29, 1.82) is 0 Å². The van der Waals surface area contributed by atoms with E-state index in [4.69, 9.17) is 11.6 Å². The number of unbranched alkanes of at least 4 members (excludes halogenated alkanes) is 5. The molecule has 0 saturated carbocycles. The fourth-order valence-electron chi connectivity index (χ4n) is 1.60. The van der Waals surface area contributed by atoms with Crippen LogP contribution in [0.4, 0.5) is 0 Å². The van der Waals surface area contributed by atoms with Gasteiger partial charge in [0.25, 0.3) is 0 Å². The normalized spacial score (nSPS) is 10.6. The van der Waals surface area contributed by atoms with Gasteiger partial charge in [-0.1, -0.05) is 50.6 Å².